The van der Waals surface area contributed by atoms with Crippen molar-refractivity contribution in [3.63, 3.8) is 0 Å². The third kappa shape index (κ3) is 2.70. The fraction of sp³-hybridized carbons (Fsp3) is 0.389. The summed E-state index contributed by atoms with van der Waals surface area (Å²) >= 11 is 7.39. The number of thiazole rings is 1. The van der Waals surface area contributed by atoms with Gasteiger partial charge in [0.05, 0.1) is 6.54 Å². The molecule has 4 rings (SSSR count). The minimum absolute atomic E-state index is 0.369. The molecule has 3 heterocycles. The molecule has 4 nitrogen and oxygen atoms in total. The van der Waals surface area contributed by atoms with E-state index in [9.17, 15) is 0 Å². The predicted molar refractivity (Wildman–Crippen MR) is 100 cm³/mol. The topological polar surface area (TPSA) is 41.3 Å². The molecule has 0 radical (unpaired) electrons. The van der Waals surface area contributed by atoms with Crippen LogP contribution in [-0.2, 0) is 6.54 Å². The van der Waals surface area contributed by atoms with Crippen LogP contribution in [0.2, 0.25) is 4.47 Å². The van der Waals surface area contributed by atoms with Crippen LogP contribution in [-0.4, -0.2) is 23.5 Å². The van der Waals surface area contributed by atoms with Crippen LogP contribution in [0.5, 0.6) is 0 Å². The molecule has 3 aromatic rings. The van der Waals surface area contributed by atoms with Gasteiger partial charge in [-0.3, -0.25) is 4.90 Å². The third-order valence-corrected chi connectivity index (χ3v) is 5.95. The molecule has 1 aromatic carbocycles. The van der Waals surface area contributed by atoms with E-state index in [1.54, 1.807) is 0 Å². The minimum Gasteiger partial charge on any atom is -0.460 e. The molecule has 0 bridgehead atoms. The molecule has 2 atom stereocenters. The Morgan fingerprint density at radius 3 is 3.00 bits per heavy atom. The number of nitrogens with one attached hydrogen (secondary N) is 1. The van der Waals surface area contributed by atoms with E-state index in [0.29, 0.717) is 16.4 Å². The van der Waals surface area contributed by atoms with Crippen LogP contribution in [0.25, 0.3) is 11.0 Å². The number of aromatic nitrogens is 1. The summed E-state index contributed by atoms with van der Waals surface area (Å²) < 4.78 is 6.74. The molecule has 24 heavy (non-hydrogen) atoms. The van der Waals surface area contributed by atoms with E-state index in [2.05, 4.69) is 54.3 Å². The molecule has 2 unspecified atom stereocenters. The van der Waals surface area contributed by atoms with Crippen molar-refractivity contribution in [3.05, 3.63) is 45.1 Å². The van der Waals surface area contributed by atoms with Crippen LogP contribution in [0.1, 0.15) is 42.0 Å². The van der Waals surface area contributed by atoms with E-state index >= 15 is 0 Å². The normalized spacial score (nSPS) is 21.2. The lowest BCUT2D eigenvalue weighted by atomic mass is 9.92. The summed E-state index contributed by atoms with van der Waals surface area (Å²) in [5.74, 6) is 1.56. The van der Waals surface area contributed by atoms with Crippen LogP contribution < -0.4 is 5.32 Å². The van der Waals surface area contributed by atoms with Crippen molar-refractivity contribution >= 4 is 39.6 Å². The van der Waals surface area contributed by atoms with Gasteiger partial charge in [-0.1, -0.05) is 18.5 Å². The fourth-order valence-corrected chi connectivity index (χ4v) is 4.41. The van der Waals surface area contributed by atoms with Crippen molar-refractivity contribution in [1.82, 2.24) is 9.88 Å². The maximum Gasteiger partial charge on any atom is 0.183 e. The fourth-order valence-electron chi connectivity index (χ4n) is 3.49. The van der Waals surface area contributed by atoms with E-state index in [0.717, 1.165) is 35.0 Å². The van der Waals surface area contributed by atoms with Crippen LogP contribution in [0, 0.1) is 0 Å². The van der Waals surface area contributed by atoms with E-state index in [1.807, 2.05) is 6.20 Å². The molecular weight excluding hydrogens is 342 g/mol. The van der Waals surface area contributed by atoms with E-state index in [1.165, 1.54) is 22.3 Å². The summed E-state index contributed by atoms with van der Waals surface area (Å²) in [6.45, 7) is 6.24. The van der Waals surface area contributed by atoms with Gasteiger partial charge in [0.15, 0.2) is 4.47 Å². The second-order valence-corrected chi connectivity index (χ2v) is 8.24. The molecule has 0 amide bonds. The van der Waals surface area contributed by atoms with Crippen molar-refractivity contribution < 1.29 is 4.42 Å². The van der Waals surface area contributed by atoms with Gasteiger partial charge in [0, 0.05) is 46.2 Å². The highest BCUT2D eigenvalue weighted by Gasteiger charge is 2.31. The van der Waals surface area contributed by atoms with Crippen molar-refractivity contribution in [3.8, 4) is 0 Å². The van der Waals surface area contributed by atoms with Gasteiger partial charge in [0.1, 0.15) is 11.3 Å². The quantitative estimate of drug-likeness (QED) is 0.690. The largest absolute Gasteiger partial charge is 0.460 e. The van der Waals surface area contributed by atoms with Crippen molar-refractivity contribution in [2.45, 2.75) is 32.4 Å². The summed E-state index contributed by atoms with van der Waals surface area (Å²) in [6.07, 6.45) is 1.82. The zero-order valence-corrected chi connectivity index (χ0v) is 15.5. The summed E-state index contributed by atoms with van der Waals surface area (Å²) in [5, 5.41) is 4.67. The Bertz CT molecular complexity index is 888. The van der Waals surface area contributed by atoms with E-state index in [-0.39, 0.29) is 0 Å². The Labute approximate surface area is 150 Å². The lowest BCUT2D eigenvalue weighted by Gasteiger charge is -2.33. The number of halogens is 1. The van der Waals surface area contributed by atoms with Gasteiger partial charge in [-0.15, -0.1) is 11.3 Å². The predicted octanol–water partition coefficient (Wildman–Crippen LogP) is 5.26. The average Bonchev–Trinajstić information content (AvgIpc) is 3.14. The molecule has 6 heteroatoms. The minimum atomic E-state index is 0.369. The molecule has 0 fully saturated rings. The van der Waals surface area contributed by atoms with Crippen molar-refractivity contribution in [2.75, 3.05) is 18.9 Å². The molecule has 1 aliphatic rings. The molecule has 0 spiro atoms. The highest BCUT2D eigenvalue weighted by molar-refractivity contribution is 7.15. The third-order valence-electron chi connectivity index (χ3n) is 4.84. The number of hydrogen-bond acceptors (Lipinski definition) is 5. The number of rotatable bonds is 3. The number of fused-ring (bicyclic) bond motifs is 3. The summed E-state index contributed by atoms with van der Waals surface area (Å²) in [5.41, 5.74) is 3.39. The Hall–Kier alpha value is -1.56. The van der Waals surface area contributed by atoms with E-state index in [4.69, 9.17) is 16.0 Å². The molecule has 0 aliphatic carbocycles. The van der Waals surface area contributed by atoms with E-state index < -0.39 is 0 Å². The lowest BCUT2D eigenvalue weighted by Crippen LogP contribution is -2.31. The number of benzene rings is 1. The smallest absolute Gasteiger partial charge is 0.183 e. The first-order valence-corrected chi connectivity index (χ1v) is 9.33. The number of nitrogens with zero attached hydrogens (tertiary/aromatic N) is 2. The zero-order chi connectivity index (χ0) is 16.8. The second-order valence-electron chi connectivity index (χ2n) is 6.54. The van der Waals surface area contributed by atoms with Crippen LogP contribution in [0.3, 0.4) is 0 Å². The number of anilines is 1. The average molecular weight is 362 g/mol. The first kappa shape index (κ1) is 15.9. The summed E-state index contributed by atoms with van der Waals surface area (Å²) in [6, 6.07) is 6.70. The first-order chi connectivity index (χ1) is 11.5. The summed E-state index contributed by atoms with van der Waals surface area (Å²) in [4.78, 5) is 7.59. The number of likely N-dealkylation sites (N-methyl/N-ethyl adjacent to an activating group) is 1. The first-order valence-electron chi connectivity index (χ1n) is 8.13. The Balaban J connectivity index is 1.67. The van der Waals surface area contributed by atoms with Gasteiger partial charge in [-0.05, 0) is 32.2 Å². The molecule has 0 saturated heterocycles. The molecular formula is C18H20ClN3OS. The lowest BCUT2D eigenvalue weighted by molar-refractivity contribution is 0.215. The molecule has 126 valence electrons. The van der Waals surface area contributed by atoms with Gasteiger partial charge in [-0.2, -0.15) is 0 Å². The monoisotopic (exact) mass is 361 g/mol. The van der Waals surface area contributed by atoms with Crippen molar-refractivity contribution in [2.24, 2.45) is 0 Å². The molecule has 2 aromatic heterocycles. The van der Waals surface area contributed by atoms with Gasteiger partial charge >= 0.3 is 0 Å². The SMILES string of the molecule is CC1CN(C)C(C)c2c1oc1ccc(NCc3cnc(Cl)s3)cc21. The molecule has 1 N–H and O–H groups in total. The highest BCUT2D eigenvalue weighted by Crippen LogP contribution is 2.42. The number of furan rings is 1. The molecule has 0 saturated carbocycles. The van der Waals surface area contributed by atoms with Crippen LogP contribution >= 0.6 is 22.9 Å². The van der Waals surface area contributed by atoms with Gasteiger partial charge < -0.3 is 9.73 Å². The maximum absolute atomic E-state index is 6.16. The maximum atomic E-state index is 6.16. The standard InChI is InChI=1S/C18H20ClN3OS/c1-10-9-22(3)11(2)16-14-6-12(4-5-15(14)23-17(10)16)20-7-13-8-21-18(19)24-13/h4-6,8,10-11,20H,7,9H2,1-3H3. The summed E-state index contributed by atoms with van der Waals surface area (Å²) in [7, 11) is 2.18. The Kier molecular flexibility index (Phi) is 4.03. The number of hydrogen-bond donors (Lipinski definition) is 1. The van der Waals surface area contributed by atoms with Crippen LogP contribution in [0.15, 0.2) is 28.8 Å². The molecule has 1 aliphatic heterocycles. The Morgan fingerprint density at radius 2 is 2.25 bits per heavy atom. The van der Waals surface area contributed by atoms with Crippen molar-refractivity contribution in [1.29, 1.82) is 0 Å². The van der Waals surface area contributed by atoms with Gasteiger partial charge in [-0.25, -0.2) is 4.98 Å². The Morgan fingerprint density at radius 1 is 1.42 bits per heavy atom. The zero-order valence-electron chi connectivity index (χ0n) is 14.0. The van der Waals surface area contributed by atoms with Crippen LogP contribution in [0.4, 0.5) is 5.69 Å². The van der Waals surface area contributed by atoms with Gasteiger partial charge in [0.2, 0.25) is 0 Å². The second kappa shape index (κ2) is 6.06. The van der Waals surface area contributed by atoms with Gasteiger partial charge in [0.25, 0.3) is 0 Å². The highest BCUT2D eigenvalue weighted by atomic mass is 35.5.